The quantitative estimate of drug-likeness (QED) is 0.373. The van der Waals surface area contributed by atoms with Crippen LogP contribution in [0.15, 0.2) is 60.9 Å². The topological polar surface area (TPSA) is 95.3 Å². The fraction of sp³-hybridized carbons (Fsp3) is 0.160. The van der Waals surface area contributed by atoms with Crippen LogP contribution in [-0.2, 0) is 19.1 Å². The van der Waals surface area contributed by atoms with E-state index in [1.807, 2.05) is 48.5 Å². The minimum absolute atomic E-state index is 0.164. The van der Waals surface area contributed by atoms with Crippen LogP contribution in [0.1, 0.15) is 25.0 Å². The average Bonchev–Trinajstić information content (AvgIpc) is 3.47. The Morgan fingerprint density at radius 2 is 1.34 bits per heavy atom. The molecule has 2 aromatic carbocycles. The Bertz CT molecular complexity index is 1330. The molecule has 1 aliphatic heterocycles. The Morgan fingerprint density at radius 1 is 0.875 bits per heavy atom. The lowest BCUT2D eigenvalue weighted by molar-refractivity contribution is -0.156. The fourth-order valence-corrected chi connectivity index (χ4v) is 4.32. The zero-order chi connectivity index (χ0) is 22.4. The van der Waals surface area contributed by atoms with Gasteiger partial charge in [-0.2, -0.15) is 0 Å². The van der Waals surface area contributed by atoms with Gasteiger partial charge in [-0.1, -0.05) is 36.4 Å². The van der Waals surface area contributed by atoms with Crippen LogP contribution in [0.5, 0.6) is 0 Å². The SMILES string of the molecule is CCOC(=O)C(C)N1C(=O)C(c2c[nH]c3ccccc23)=C(c2c[nH]c3ccccc23)C1=O. The molecule has 0 radical (unpaired) electrons. The maximum absolute atomic E-state index is 13.7. The van der Waals surface area contributed by atoms with E-state index < -0.39 is 23.8 Å². The lowest BCUT2D eigenvalue weighted by atomic mass is 9.95. The molecule has 5 rings (SSSR count). The molecule has 4 aromatic rings. The van der Waals surface area contributed by atoms with Crippen molar-refractivity contribution in [3.63, 3.8) is 0 Å². The van der Waals surface area contributed by atoms with E-state index in [1.165, 1.54) is 6.92 Å². The summed E-state index contributed by atoms with van der Waals surface area (Å²) in [6.07, 6.45) is 3.47. The summed E-state index contributed by atoms with van der Waals surface area (Å²) in [4.78, 5) is 47.1. The second-order valence-electron chi connectivity index (χ2n) is 7.65. The Kier molecular flexibility index (Phi) is 4.66. The molecule has 32 heavy (non-hydrogen) atoms. The largest absolute Gasteiger partial charge is 0.464 e. The van der Waals surface area contributed by atoms with Crippen LogP contribution in [0.3, 0.4) is 0 Å². The number of nitrogens with one attached hydrogen (secondary N) is 2. The van der Waals surface area contributed by atoms with Crippen LogP contribution in [0, 0.1) is 0 Å². The molecule has 0 saturated carbocycles. The highest BCUT2D eigenvalue weighted by molar-refractivity contribution is 6.51. The minimum Gasteiger partial charge on any atom is -0.464 e. The summed E-state index contributed by atoms with van der Waals surface area (Å²) in [6, 6.07) is 14.1. The lowest BCUT2D eigenvalue weighted by Crippen LogP contribution is -2.44. The number of benzene rings is 2. The summed E-state index contributed by atoms with van der Waals surface area (Å²) in [5.74, 6) is -1.64. The number of hydrogen-bond donors (Lipinski definition) is 2. The van der Waals surface area contributed by atoms with Crippen molar-refractivity contribution in [3.05, 3.63) is 72.1 Å². The number of aromatic nitrogens is 2. The fourth-order valence-electron chi connectivity index (χ4n) is 4.32. The number of para-hydroxylation sites is 2. The van der Waals surface area contributed by atoms with Crippen molar-refractivity contribution in [2.24, 2.45) is 0 Å². The molecule has 7 nitrogen and oxygen atoms in total. The molecule has 0 fully saturated rings. The first-order valence-corrected chi connectivity index (χ1v) is 10.4. The van der Waals surface area contributed by atoms with E-state index in [-0.39, 0.29) is 17.8 Å². The van der Waals surface area contributed by atoms with Crippen LogP contribution < -0.4 is 0 Å². The van der Waals surface area contributed by atoms with Gasteiger partial charge in [-0.15, -0.1) is 0 Å². The molecule has 3 heterocycles. The Hall–Kier alpha value is -4.13. The van der Waals surface area contributed by atoms with Crippen LogP contribution in [0.25, 0.3) is 33.0 Å². The van der Waals surface area contributed by atoms with Crippen LogP contribution in [0.2, 0.25) is 0 Å². The number of hydrogen-bond acceptors (Lipinski definition) is 4. The first-order valence-electron chi connectivity index (χ1n) is 10.4. The number of aromatic amines is 2. The van der Waals surface area contributed by atoms with Gasteiger partial charge in [0.05, 0.1) is 17.8 Å². The monoisotopic (exact) mass is 427 g/mol. The van der Waals surface area contributed by atoms with E-state index in [2.05, 4.69) is 9.97 Å². The van der Waals surface area contributed by atoms with E-state index in [0.29, 0.717) is 11.1 Å². The number of esters is 1. The second-order valence-corrected chi connectivity index (χ2v) is 7.65. The first kappa shape index (κ1) is 19.8. The minimum atomic E-state index is -1.04. The number of amides is 2. The second kappa shape index (κ2) is 7.53. The molecule has 1 unspecified atom stereocenters. The van der Waals surface area contributed by atoms with Crippen molar-refractivity contribution in [3.8, 4) is 0 Å². The third-order valence-electron chi connectivity index (χ3n) is 5.85. The Morgan fingerprint density at radius 3 is 1.81 bits per heavy atom. The zero-order valence-electron chi connectivity index (χ0n) is 17.6. The highest BCUT2D eigenvalue weighted by Crippen LogP contribution is 2.41. The van der Waals surface area contributed by atoms with Crippen LogP contribution in [0.4, 0.5) is 0 Å². The smallest absolute Gasteiger partial charge is 0.329 e. The molecule has 160 valence electrons. The van der Waals surface area contributed by atoms with Gasteiger partial charge >= 0.3 is 5.97 Å². The zero-order valence-corrected chi connectivity index (χ0v) is 17.6. The van der Waals surface area contributed by atoms with E-state index in [4.69, 9.17) is 4.74 Å². The first-order chi connectivity index (χ1) is 15.5. The number of carbonyl (C=O) groups is 3. The molecular formula is C25H21N3O4. The molecular weight excluding hydrogens is 406 g/mol. The standard InChI is InChI=1S/C25H21N3O4/c1-3-32-25(31)14(2)28-23(29)21(17-12-26-19-10-6-4-8-15(17)19)22(24(28)30)18-13-27-20-11-7-5-9-16(18)20/h4-14,26-27H,3H2,1-2H3. The van der Waals surface area contributed by atoms with Crippen molar-refractivity contribution in [2.75, 3.05) is 6.61 Å². The van der Waals surface area contributed by atoms with Gasteiger partial charge in [0.1, 0.15) is 6.04 Å². The normalized spacial score (nSPS) is 15.2. The molecule has 0 bridgehead atoms. The van der Waals surface area contributed by atoms with Crippen molar-refractivity contribution in [2.45, 2.75) is 19.9 Å². The third kappa shape index (κ3) is 2.85. The predicted octanol–water partition coefficient (Wildman–Crippen LogP) is 3.88. The van der Waals surface area contributed by atoms with E-state index in [9.17, 15) is 14.4 Å². The number of H-pyrrole nitrogens is 2. The molecule has 7 heteroatoms. The summed E-state index contributed by atoms with van der Waals surface area (Å²) in [5.41, 5.74) is 3.49. The van der Waals surface area contributed by atoms with Crippen molar-refractivity contribution in [1.82, 2.24) is 14.9 Å². The maximum Gasteiger partial charge on any atom is 0.329 e. The molecule has 0 saturated heterocycles. The van der Waals surface area contributed by atoms with Crippen LogP contribution >= 0.6 is 0 Å². The van der Waals surface area contributed by atoms with E-state index in [0.717, 1.165) is 26.7 Å². The number of nitrogens with zero attached hydrogens (tertiary/aromatic N) is 1. The highest BCUT2D eigenvalue weighted by atomic mass is 16.5. The van der Waals surface area contributed by atoms with E-state index in [1.54, 1.807) is 19.3 Å². The molecule has 1 aliphatic rings. The molecule has 0 spiro atoms. The summed E-state index contributed by atoms with van der Waals surface area (Å²) in [6.45, 7) is 3.36. The lowest BCUT2D eigenvalue weighted by Gasteiger charge is -2.21. The highest BCUT2D eigenvalue weighted by Gasteiger charge is 2.45. The maximum atomic E-state index is 13.7. The molecule has 2 N–H and O–H groups in total. The number of ether oxygens (including phenoxy) is 1. The van der Waals surface area contributed by atoms with Crippen molar-refractivity contribution in [1.29, 1.82) is 0 Å². The van der Waals surface area contributed by atoms with Crippen molar-refractivity contribution >= 4 is 50.7 Å². The Balaban J connectivity index is 1.75. The van der Waals surface area contributed by atoms with Gasteiger partial charge in [0.15, 0.2) is 0 Å². The van der Waals surface area contributed by atoms with Crippen molar-refractivity contribution < 1.29 is 19.1 Å². The summed E-state index contributed by atoms with van der Waals surface area (Å²) >= 11 is 0. The van der Waals surface area contributed by atoms with Crippen LogP contribution in [-0.4, -0.2) is 45.3 Å². The van der Waals surface area contributed by atoms with Gasteiger partial charge in [0.2, 0.25) is 0 Å². The molecule has 2 amide bonds. The summed E-state index contributed by atoms with van der Waals surface area (Å²) < 4.78 is 5.09. The van der Waals surface area contributed by atoms with Gasteiger partial charge in [0.25, 0.3) is 11.8 Å². The molecule has 0 aliphatic carbocycles. The van der Waals surface area contributed by atoms with Gasteiger partial charge in [-0.25, -0.2) is 4.79 Å². The van der Waals surface area contributed by atoms with Gasteiger partial charge in [-0.3, -0.25) is 14.5 Å². The third-order valence-corrected chi connectivity index (χ3v) is 5.85. The number of carbonyl (C=O) groups excluding carboxylic acids is 3. The Labute approximate surface area is 183 Å². The van der Waals surface area contributed by atoms with Gasteiger partial charge in [0, 0.05) is 45.3 Å². The molecule has 1 atom stereocenters. The molecule has 2 aromatic heterocycles. The summed E-state index contributed by atoms with van der Waals surface area (Å²) in [5, 5.41) is 1.65. The van der Waals surface area contributed by atoms with Gasteiger partial charge < -0.3 is 14.7 Å². The number of rotatable bonds is 5. The number of imide groups is 1. The van der Waals surface area contributed by atoms with Gasteiger partial charge in [-0.05, 0) is 26.0 Å². The van der Waals surface area contributed by atoms with E-state index >= 15 is 0 Å². The number of fused-ring (bicyclic) bond motifs is 2. The average molecular weight is 427 g/mol. The predicted molar refractivity (Wildman–Crippen MR) is 121 cm³/mol. The summed E-state index contributed by atoms with van der Waals surface area (Å²) in [7, 11) is 0.